The monoisotopic (exact) mass is 283 g/mol. The molecule has 0 spiro atoms. The van der Waals surface area contributed by atoms with Crippen molar-refractivity contribution in [2.24, 2.45) is 0 Å². The van der Waals surface area contributed by atoms with Gasteiger partial charge in [-0.2, -0.15) is 0 Å². The molecule has 19 heavy (non-hydrogen) atoms. The summed E-state index contributed by atoms with van der Waals surface area (Å²) >= 11 is 1.53. The molecule has 1 aromatic rings. The van der Waals surface area contributed by atoms with Crippen molar-refractivity contribution in [1.82, 2.24) is 5.32 Å². The van der Waals surface area contributed by atoms with E-state index in [1.54, 1.807) is 0 Å². The fourth-order valence-electron chi connectivity index (χ4n) is 2.17. The summed E-state index contributed by atoms with van der Waals surface area (Å²) in [5.74, 6) is -1.08. The second-order valence-corrected chi connectivity index (χ2v) is 5.71. The van der Waals surface area contributed by atoms with Crippen LogP contribution in [0.25, 0.3) is 0 Å². The summed E-state index contributed by atoms with van der Waals surface area (Å²) in [6.45, 7) is 0.213. The molecule has 0 radical (unpaired) electrons. The van der Waals surface area contributed by atoms with Gasteiger partial charge in [-0.3, -0.25) is 9.59 Å². The number of hydrogen-bond donors (Lipinski definition) is 2. The third-order valence-electron chi connectivity index (χ3n) is 3.20. The Labute approximate surface area is 115 Å². The van der Waals surface area contributed by atoms with Crippen molar-refractivity contribution >= 4 is 23.2 Å². The number of carbonyl (C=O) groups excluding carboxylic acids is 1. The topological polar surface area (TPSA) is 75.6 Å². The number of carboxylic acids is 1. The van der Waals surface area contributed by atoms with Crippen LogP contribution in [-0.2, 0) is 22.4 Å². The van der Waals surface area contributed by atoms with Crippen LogP contribution < -0.4 is 5.32 Å². The predicted molar refractivity (Wildman–Crippen MR) is 71.7 cm³/mol. The highest BCUT2D eigenvalue weighted by atomic mass is 32.1. The number of nitrogens with one attached hydrogen (secondary N) is 1. The summed E-state index contributed by atoms with van der Waals surface area (Å²) in [6, 6.07) is 1.95. The zero-order valence-corrected chi connectivity index (χ0v) is 11.6. The average Bonchev–Trinajstić information content (AvgIpc) is 2.93. The van der Waals surface area contributed by atoms with Gasteiger partial charge in [-0.1, -0.05) is 0 Å². The normalized spacial score (nSPS) is 15.0. The Morgan fingerprint density at radius 3 is 2.95 bits per heavy atom. The molecule has 1 aliphatic rings. The summed E-state index contributed by atoms with van der Waals surface area (Å²) < 4.78 is 5.02. The smallest absolute Gasteiger partial charge is 0.306 e. The van der Waals surface area contributed by atoms with E-state index in [9.17, 15) is 9.59 Å². The van der Waals surface area contributed by atoms with Gasteiger partial charge in [0.1, 0.15) is 0 Å². The highest BCUT2D eigenvalue weighted by Gasteiger charge is 2.19. The first-order valence-electron chi connectivity index (χ1n) is 6.24. The SMILES string of the molecule is COC(CNC(=O)c1cc2c(s1)CCC2)CC(=O)O. The second-order valence-electron chi connectivity index (χ2n) is 4.58. The molecule has 1 aromatic heterocycles. The van der Waals surface area contributed by atoms with Gasteiger partial charge in [-0.15, -0.1) is 11.3 Å². The van der Waals surface area contributed by atoms with Gasteiger partial charge in [0.05, 0.1) is 17.4 Å². The summed E-state index contributed by atoms with van der Waals surface area (Å²) in [7, 11) is 1.44. The minimum atomic E-state index is -0.934. The fraction of sp³-hybridized carbons (Fsp3) is 0.538. The van der Waals surface area contributed by atoms with Crippen LogP contribution in [0.3, 0.4) is 0 Å². The maximum absolute atomic E-state index is 12.0. The number of aliphatic carboxylic acids is 1. The number of carbonyl (C=O) groups is 2. The van der Waals surface area contributed by atoms with E-state index < -0.39 is 12.1 Å². The number of carboxylic acid groups (broad SMARTS) is 1. The third-order valence-corrected chi connectivity index (χ3v) is 4.43. The maximum atomic E-state index is 12.0. The van der Waals surface area contributed by atoms with Crippen LogP contribution in [0, 0.1) is 0 Å². The molecule has 0 aromatic carbocycles. The molecule has 1 amide bonds. The Balaban J connectivity index is 1.88. The van der Waals surface area contributed by atoms with Gasteiger partial charge in [-0.25, -0.2) is 0 Å². The van der Waals surface area contributed by atoms with Crippen molar-refractivity contribution in [3.05, 3.63) is 21.4 Å². The van der Waals surface area contributed by atoms with Crippen LogP contribution in [-0.4, -0.2) is 36.7 Å². The number of amides is 1. The highest BCUT2D eigenvalue weighted by molar-refractivity contribution is 7.14. The van der Waals surface area contributed by atoms with E-state index in [1.807, 2.05) is 6.07 Å². The highest BCUT2D eigenvalue weighted by Crippen LogP contribution is 2.30. The maximum Gasteiger partial charge on any atom is 0.306 e. The minimum absolute atomic E-state index is 0.113. The van der Waals surface area contributed by atoms with Gasteiger partial charge in [-0.05, 0) is 30.9 Å². The lowest BCUT2D eigenvalue weighted by molar-refractivity contribution is -0.139. The van der Waals surface area contributed by atoms with Gasteiger partial charge >= 0.3 is 5.97 Å². The van der Waals surface area contributed by atoms with E-state index >= 15 is 0 Å². The van der Waals surface area contributed by atoms with Crippen molar-refractivity contribution < 1.29 is 19.4 Å². The Kier molecular flexibility index (Phi) is 4.55. The first-order valence-corrected chi connectivity index (χ1v) is 7.06. The summed E-state index contributed by atoms with van der Waals surface area (Å²) in [6.07, 6.45) is 2.69. The Morgan fingerprint density at radius 1 is 1.53 bits per heavy atom. The van der Waals surface area contributed by atoms with Gasteiger partial charge in [0.15, 0.2) is 0 Å². The zero-order chi connectivity index (χ0) is 13.8. The molecule has 0 aliphatic heterocycles. The van der Waals surface area contributed by atoms with E-state index in [1.165, 1.54) is 35.3 Å². The van der Waals surface area contributed by atoms with Gasteiger partial charge < -0.3 is 15.2 Å². The second kappa shape index (κ2) is 6.16. The zero-order valence-electron chi connectivity index (χ0n) is 10.8. The largest absolute Gasteiger partial charge is 0.481 e. The van der Waals surface area contributed by atoms with Crippen molar-refractivity contribution in [3.63, 3.8) is 0 Å². The third kappa shape index (κ3) is 3.54. The van der Waals surface area contributed by atoms with Gasteiger partial charge in [0.25, 0.3) is 5.91 Å². The van der Waals surface area contributed by atoms with Crippen LogP contribution in [0.5, 0.6) is 0 Å². The fourth-order valence-corrected chi connectivity index (χ4v) is 3.34. The van der Waals surface area contributed by atoms with Gasteiger partial charge in [0.2, 0.25) is 0 Å². The van der Waals surface area contributed by atoms with Crippen LogP contribution in [0.1, 0.15) is 33.0 Å². The molecule has 1 aliphatic carbocycles. The first kappa shape index (κ1) is 14.0. The molecule has 1 atom stereocenters. The molecule has 104 valence electrons. The van der Waals surface area contributed by atoms with Crippen LogP contribution >= 0.6 is 11.3 Å². The molecule has 0 fully saturated rings. The molecular formula is C13H17NO4S. The van der Waals surface area contributed by atoms with E-state index in [-0.39, 0.29) is 18.9 Å². The van der Waals surface area contributed by atoms with E-state index in [0.717, 1.165) is 12.8 Å². The lowest BCUT2D eigenvalue weighted by Gasteiger charge is -2.13. The van der Waals surface area contributed by atoms with E-state index in [4.69, 9.17) is 9.84 Å². The number of methoxy groups -OCH3 is 1. The first-order chi connectivity index (χ1) is 9.10. The molecule has 0 saturated carbocycles. The molecule has 2 rings (SSSR count). The number of aryl methyl sites for hydroxylation is 2. The Bertz CT molecular complexity index is 461. The summed E-state index contributed by atoms with van der Waals surface area (Å²) in [5.41, 5.74) is 1.28. The summed E-state index contributed by atoms with van der Waals surface area (Å²) in [4.78, 5) is 24.5. The molecule has 1 unspecified atom stereocenters. The molecule has 1 heterocycles. The lowest BCUT2D eigenvalue weighted by atomic mass is 10.2. The summed E-state index contributed by atoms with van der Waals surface area (Å²) in [5, 5.41) is 11.4. The number of thiophene rings is 1. The predicted octanol–water partition coefficient (Wildman–Crippen LogP) is 1.46. The number of ether oxygens (including phenoxy) is 1. The van der Waals surface area contributed by atoms with Crippen molar-refractivity contribution in [1.29, 1.82) is 0 Å². The molecule has 0 bridgehead atoms. The van der Waals surface area contributed by atoms with E-state index in [2.05, 4.69) is 5.32 Å². The standard InChI is InChI=1S/C13H17NO4S/c1-18-9(6-12(15)16)7-14-13(17)11-5-8-3-2-4-10(8)19-11/h5,9H,2-4,6-7H2,1H3,(H,14,17)(H,15,16). The molecular weight excluding hydrogens is 266 g/mol. The number of hydrogen-bond acceptors (Lipinski definition) is 4. The Hall–Kier alpha value is -1.40. The lowest BCUT2D eigenvalue weighted by Crippen LogP contribution is -2.34. The molecule has 5 nitrogen and oxygen atoms in total. The quantitative estimate of drug-likeness (QED) is 0.828. The van der Waals surface area contributed by atoms with E-state index in [0.29, 0.717) is 4.88 Å². The number of fused-ring (bicyclic) bond motifs is 1. The molecule has 6 heteroatoms. The average molecular weight is 283 g/mol. The minimum Gasteiger partial charge on any atom is -0.481 e. The van der Waals surface area contributed by atoms with Crippen molar-refractivity contribution in [3.8, 4) is 0 Å². The van der Waals surface area contributed by atoms with Crippen molar-refractivity contribution in [2.75, 3.05) is 13.7 Å². The Morgan fingerprint density at radius 2 is 2.32 bits per heavy atom. The van der Waals surface area contributed by atoms with Crippen LogP contribution in [0.2, 0.25) is 0 Å². The van der Waals surface area contributed by atoms with Gasteiger partial charge in [0, 0.05) is 18.5 Å². The molecule has 2 N–H and O–H groups in total. The van der Waals surface area contributed by atoms with Crippen LogP contribution in [0.15, 0.2) is 6.07 Å². The molecule has 0 saturated heterocycles. The van der Waals surface area contributed by atoms with Crippen LogP contribution in [0.4, 0.5) is 0 Å². The number of rotatable bonds is 6. The van der Waals surface area contributed by atoms with Crippen molar-refractivity contribution in [2.45, 2.75) is 31.8 Å².